The summed E-state index contributed by atoms with van der Waals surface area (Å²) >= 11 is 6.05. The molecule has 3 aromatic rings. The summed E-state index contributed by atoms with van der Waals surface area (Å²) in [4.78, 5) is 7.02. The summed E-state index contributed by atoms with van der Waals surface area (Å²) in [6.07, 6.45) is 0. The van der Waals surface area contributed by atoms with Gasteiger partial charge in [-0.05, 0) is 36.4 Å². The molecule has 0 amide bonds. The van der Waals surface area contributed by atoms with E-state index >= 15 is 0 Å². The zero-order valence-corrected chi connectivity index (χ0v) is 13.4. The highest BCUT2D eigenvalue weighted by atomic mass is 35.5. The molecule has 0 fully saturated rings. The highest BCUT2D eigenvalue weighted by Crippen LogP contribution is 2.27. The fraction of sp³-hybridized carbons (Fsp3) is 0.188. The molecule has 2 aromatic carbocycles. The number of anilines is 2. The summed E-state index contributed by atoms with van der Waals surface area (Å²) in [5.41, 5.74) is 9.93. The number of nitrogen functional groups attached to an aromatic ring is 1. The molecule has 2 N–H and O–H groups in total. The molecule has 0 spiro atoms. The first-order valence-corrected chi connectivity index (χ1v) is 7.34. The van der Waals surface area contributed by atoms with Gasteiger partial charge in [-0.25, -0.2) is 4.98 Å². The van der Waals surface area contributed by atoms with Crippen LogP contribution in [0.15, 0.2) is 42.5 Å². The van der Waals surface area contributed by atoms with E-state index in [1.807, 2.05) is 36.4 Å². The van der Waals surface area contributed by atoms with Crippen LogP contribution in [-0.4, -0.2) is 16.1 Å². The van der Waals surface area contributed by atoms with Crippen molar-refractivity contribution in [3.63, 3.8) is 0 Å². The van der Waals surface area contributed by atoms with Crippen molar-refractivity contribution >= 4 is 46.4 Å². The van der Waals surface area contributed by atoms with Crippen LogP contribution in [-0.2, 0) is 13.1 Å². The number of rotatable bonds is 1. The van der Waals surface area contributed by atoms with Gasteiger partial charge in [0.1, 0.15) is 5.82 Å². The van der Waals surface area contributed by atoms with Crippen LogP contribution in [0.5, 0.6) is 0 Å². The van der Waals surface area contributed by atoms with Gasteiger partial charge in [-0.15, -0.1) is 12.4 Å². The van der Waals surface area contributed by atoms with E-state index in [1.165, 1.54) is 0 Å². The standard InChI is InChI=1S/C16H15ClN4.ClH/c17-11-4-5-15-14(8-11)19-16-10-20(6-7-21(15)16)13-3-1-2-12(18)9-13;/h1-5,8-9H,6-7,10,18H2;1H. The maximum absolute atomic E-state index is 6.05. The van der Waals surface area contributed by atoms with Gasteiger partial charge in [0.2, 0.25) is 0 Å². The second-order valence-electron chi connectivity index (χ2n) is 5.33. The third kappa shape index (κ3) is 2.49. The molecule has 0 saturated heterocycles. The third-order valence-corrected chi connectivity index (χ3v) is 4.19. The zero-order chi connectivity index (χ0) is 14.4. The monoisotopic (exact) mass is 334 g/mol. The largest absolute Gasteiger partial charge is 0.399 e. The van der Waals surface area contributed by atoms with Crippen LogP contribution < -0.4 is 10.6 Å². The van der Waals surface area contributed by atoms with Crippen LogP contribution >= 0.6 is 24.0 Å². The first kappa shape index (κ1) is 15.0. The molecule has 0 atom stereocenters. The number of benzene rings is 2. The molecule has 22 heavy (non-hydrogen) atoms. The van der Waals surface area contributed by atoms with Gasteiger partial charge in [-0.1, -0.05) is 17.7 Å². The van der Waals surface area contributed by atoms with Gasteiger partial charge in [0.25, 0.3) is 0 Å². The maximum Gasteiger partial charge on any atom is 0.129 e. The quantitative estimate of drug-likeness (QED) is 0.690. The molecule has 4 rings (SSSR count). The molecule has 1 aliphatic rings. The summed E-state index contributed by atoms with van der Waals surface area (Å²) in [7, 11) is 0. The van der Waals surface area contributed by atoms with Crippen LogP contribution in [0, 0.1) is 0 Å². The molecule has 6 heteroatoms. The Morgan fingerprint density at radius 2 is 1.95 bits per heavy atom. The Labute approximate surface area is 139 Å². The Morgan fingerprint density at radius 1 is 1.09 bits per heavy atom. The lowest BCUT2D eigenvalue weighted by Gasteiger charge is -2.30. The lowest BCUT2D eigenvalue weighted by atomic mass is 10.2. The van der Waals surface area contributed by atoms with Crippen molar-refractivity contribution in [3.8, 4) is 0 Å². The third-order valence-electron chi connectivity index (χ3n) is 3.95. The fourth-order valence-corrected chi connectivity index (χ4v) is 3.10. The minimum absolute atomic E-state index is 0. The number of aromatic nitrogens is 2. The summed E-state index contributed by atoms with van der Waals surface area (Å²) in [5.74, 6) is 1.07. The van der Waals surface area contributed by atoms with E-state index in [9.17, 15) is 0 Å². The van der Waals surface area contributed by atoms with Crippen LogP contribution in [0.2, 0.25) is 5.02 Å². The molecule has 114 valence electrons. The van der Waals surface area contributed by atoms with Crippen LogP contribution in [0.25, 0.3) is 11.0 Å². The van der Waals surface area contributed by atoms with E-state index in [-0.39, 0.29) is 12.4 Å². The van der Waals surface area contributed by atoms with Gasteiger partial charge in [0, 0.05) is 29.5 Å². The van der Waals surface area contributed by atoms with Gasteiger partial charge >= 0.3 is 0 Å². The molecular weight excluding hydrogens is 319 g/mol. The second-order valence-corrected chi connectivity index (χ2v) is 5.77. The molecule has 1 aromatic heterocycles. The molecule has 2 heterocycles. The van der Waals surface area contributed by atoms with E-state index in [4.69, 9.17) is 22.3 Å². The molecule has 0 radical (unpaired) electrons. The molecule has 0 bridgehead atoms. The number of nitrogens with two attached hydrogens (primary N) is 1. The average molecular weight is 335 g/mol. The van der Waals surface area contributed by atoms with E-state index in [0.717, 1.165) is 52.9 Å². The summed E-state index contributed by atoms with van der Waals surface area (Å²) in [6, 6.07) is 13.9. The smallest absolute Gasteiger partial charge is 0.129 e. The molecular formula is C16H16Cl2N4. The van der Waals surface area contributed by atoms with E-state index in [0.29, 0.717) is 0 Å². The summed E-state index contributed by atoms with van der Waals surface area (Å²) in [5, 5.41) is 0.727. The Hall–Kier alpha value is -1.91. The van der Waals surface area contributed by atoms with Crippen molar-refractivity contribution in [2.75, 3.05) is 17.2 Å². The summed E-state index contributed by atoms with van der Waals surface area (Å²) < 4.78 is 2.27. The van der Waals surface area contributed by atoms with Crippen molar-refractivity contribution in [2.24, 2.45) is 0 Å². The number of imidazole rings is 1. The Bertz CT molecular complexity index is 828. The van der Waals surface area contributed by atoms with Crippen molar-refractivity contribution < 1.29 is 0 Å². The van der Waals surface area contributed by atoms with Gasteiger partial charge in [0.05, 0.1) is 17.6 Å². The zero-order valence-electron chi connectivity index (χ0n) is 11.9. The minimum Gasteiger partial charge on any atom is -0.399 e. The lowest BCUT2D eigenvalue weighted by Crippen LogP contribution is -2.33. The van der Waals surface area contributed by atoms with Crippen LogP contribution in [0.4, 0.5) is 11.4 Å². The molecule has 0 unspecified atom stereocenters. The predicted octanol–water partition coefficient (Wildman–Crippen LogP) is 3.71. The van der Waals surface area contributed by atoms with Gasteiger partial charge in [-0.2, -0.15) is 0 Å². The van der Waals surface area contributed by atoms with Crippen molar-refractivity contribution in [1.29, 1.82) is 0 Å². The van der Waals surface area contributed by atoms with E-state index in [1.54, 1.807) is 0 Å². The molecule has 1 aliphatic heterocycles. The number of halogens is 2. The Morgan fingerprint density at radius 3 is 2.77 bits per heavy atom. The van der Waals surface area contributed by atoms with E-state index < -0.39 is 0 Å². The Kier molecular flexibility index (Phi) is 3.89. The number of hydrogen-bond donors (Lipinski definition) is 1. The SMILES string of the molecule is Cl.Nc1cccc(N2CCn3c(nc4cc(Cl)ccc43)C2)c1. The van der Waals surface area contributed by atoms with Crippen LogP contribution in [0.1, 0.15) is 5.82 Å². The lowest BCUT2D eigenvalue weighted by molar-refractivity contribution is 0.571. The highest BCUT2D eigenvalue weighted by Gasteiger charge is 2.20. The normalized spacial score (nSPS) is 13.8. The van der Waals surface area contributed by atoms with Crippen LogP contribution in [0.3, 0.4) is 0 Å². The molecule has 0 saturated carbocycles. The average Bonchev–Trinajstić information content (AvgIpc) is 2.83. The van der Waals surface area contributed by atoms with Crippen molar-refractivity contribution in [2.45, 2.75) is 13.1 Å². The predicted molar refractivity (Wildman–Crippen MR) is 93.9 cm³/mol. The first-order valence-electron chi connectivity index (χ1n) is 6.96. The number of fused-ring (bicyclic) bond motifs is 3. The maximum atomic E-state index is 6.05. The van der Waals surface area contributed by atoms with Gasteiger partial charge in [-0.3, -0.25) is 0 Å². The summed E-state index contributed by atoms with van der Waals surface area (Å²) in [6.45, 7) is 2.66. The Balaban J connectivity index is 0.00000144. The van der Waals surface area contributed by atoms with Crippen molar-refractivity contribution in [1.82, 2.24) is 9.55 Å². The second kappa shape index (κ2) is 5.71. The first-order chi connectivity index (χ1) is 10.2. The van der Waals surface area contributed by atoms with Gasteiger partial charge in [0.15, 0.2) is 0 Å². The number of hydrogen-bond acceptors (Lipinski definition) is 3. The number of nitrogens with zero attached hydrogens (tertiary/aromatic N) is 3. The van der Waals surface area contributed by atoms with E-state index in [2.05, 4.69) is 15.5 Å². The van der Waals surface area contributed by atoms with Gasteiger partial charge < -0.3 is 15.2 Å². The molecule has 4 nitrogen and oxygen atoms in total. The fourth-order valence-electron chi connectivity index (χ4n) is 2.94. The topological polar surface area (TPSA) is 47.1 Å². The minimum atomic E-state index is 0. The van der Waals surface area contributed by atoms with Crippen molar-refractivity contribution in [3.05, 3.63) is 53.3 Å². The molecule has 0 aliphatic carbocycles. The highest BCUT2D eigenvalue weighted by molar-refractivity contribution is 6.31.